The molecule has 1 aromatic carbocycles. The van der Waals surface area contributed by atoms with Gasteiger partial charge in [-0.15, -0.1) is 0 Å². The number of fused-ring (bicyclic) bond motifs is 1. The molecule has 1 unspecified atom stereocenters. The molecule has 3 rings (SSSR count). The molecule has 1 saturated heterocycles. The van der Waals surface area contributed by atoms with Crippen LogP contribution in [0.1, 0.15) is 12.2 Å². The van der Waals surface area contributed by atoms with Crippen LogP contribution in [0.2, 0.25) is 0 Å². The molecule has 1 aromatic heterocycles. The summed E-state index contributed by atoms with van der Waals surface area (Å²) in [5.41, 5.74) is 5.79. The summed E-state index contributed by atoms with van der Waals surface area (Å²) >= 11 is 0. The second kappa shape index (κ2) is 3.48. The van der Waals surface area contributed by atoms with Crippen molar-refractivity contribution in [2.45, 2.75) is 12.0 Å². The molecule has 0 aliphatic carbocycles. The summed E-state index contributed by atoms with van der Waals surface area (Å²) in [6.45, 7) is 0.876. The van der Waals surface area contributed by atoms with Crippen LogP contribution in [0, 0.1) is 11.6 Å². The highest BCUT2D eigenvalue weighted by Gasteiger charge is 2.35. The van der Waals surface area contributed by atoms with E-state index in [-0.39, 0.29) is 5.52 Å². The van der Waals surface area contributed by atoms with Gasteiger partial charge in [0.25, 0.3) is 0 Å². The van der Waals surface area contributed by atoms with E-state index < -0.39 is 17.2 Å². The minimum Gasteiger partial charge on any atom is -0.379 e. The van der Waals surface area contributed by atoms with Crippen LogP contribution in [0.25, 0.3) is 11.0 Å². The zero-order chi connectivity index (χ0) is 12.0. The standard InChI is InChI=1S/C11H11F2N3O/c12-6-3-7(13)9-8(4-6)15-10(16-9)11(14)1-2-17-5-11/h3-4H,1-2,5,14H2,(H,15,16). The van der Waals surface area contributed by atoms with Crippen molar-refractivity contribution in [1.29, 1.82) is 0 Å². The Morgan fingerprint density at radius 2 is 2.24 bits per heavy atom. The van der Waals surface area contributed by atoms with E-state index in [1.165, 1.54) is 6.07 Å². The van der Waals surface area contributed by atoms with Crippen LogP contribution in [-0.4, -0.2) is 23.2 Å². The third-order valence-electron chi connectivity index (χ3n) is 3.03. The Labute approximate surface area is 95.8 Å². The van der Waals surface area contributed by atoms with Gasteiger partial charge in [-0.3, -0.25) is 0 Å². The van der Waals surface area contributed by atoms with Crippen LogP contribution < -0.4 is 5.73 Å². The maximum absolute atomic E-state index is 13.5. The van der Waals surface area contributed by atoms with Crippen LogP contribution >= 0.6 is 0 Å². The molecule has 2 heterocycles. The van der Waals surface area contributed by atoms with Gasteiger partial charge >= 0.3 is 0 Å². The SMILES string of the molecule is NC1(c2nc3c(F)cc(F)cc3[nH]2)CCOC1. The van der Waals surface area contributed by atoms with Crippen molar-refractivity contribution in [1.82, 2.24) is 9.97 Å². The third kappa shape index (κ3) is 1.60. The number of nitrogens with one attached hydrogen (secondary N) is 1. The summed E-state index contributed by atoms with van der Waals surface area (Å²) in [4.78, 5) is 6.97. The van der Waals surface area contributed by atoms with Gasteiger partial charge in [0, 0.05) is 12.7 Å². The van der Waals surface area contributed by atoms with E-state index >= 15 is 0 Å². The van der Waals surface area contributed by atoms with Gasteiger partial charge in [-0.1, -0.05) is 0 Å². The Morgan fingerprint density at radius 1 is 1.41 bits per heavy atom. The number of H-pyrrole nitrogens is 1. The fourth-order valence-electron chi connectivity index (χ4n) is 2.05. The van der Waals surface area contributed by atoms with Gasteiger partial charge in [0.05, 0.1) is 12.1 Å². The average Bonchev–Trinajstić information content (AvgIpc) is 2.84. The van der Waals surface area contributed by atoms with Crippen LogP contribution in [0.15, 0.2) is 12.1 Å². The van der Waals surface area contributed by atoms with E-state index in [1.807, 2.05) is 0 Å². The number of hydrogen-bond acceptors (Lipinski definition) is 3. The lowest BCUT2D eigenvalue weighted by atomic mass is 10.00. The minimum absolute atomic E-state index is 0.109. The van der Waals surface area contributed by atoms with Crippen LogP contribution in [0.4, 0.5) is 8.78 Å². The van der Waals surface area contributed by atoms with Crippen LogP contribution in [0.5, 0.6) is 0 Å². The molecule has 1 aliphatic rings. The molecule has 6 heteroatoms. The normalized spacial score (nSPS) is 24.6. The van der Waals surface area contributed by atoms with Crippen LogP contribution in [-0.2, 0) is 10.3 Å². The fraction of sp³-hybridized carbons (Fsp3) is 0.364. The lowest BCUT2D eigenvalue weighted by molar-refractivity contribution is 0.176. The predicted molar refractivity (Wildman–Crippen MR) is 57.3 cm³/mol. The summed E-state index contributed by atoms with van der Waals surface area (Å²) in [6, 6.07) is 2.01. The molecule has 0 bridgehead atoms. The molecule has 90 valence electrons. The third-order valence-corrected chi connectivity index (χ3v) is 3.03. The van der Waals surface area contributed by atoms with Crippen LogP contribution in [0.3, 0.4) is 0 Å². The number of imidazole rings is 1. The smallest absolute Gasteiger partial charge is 0.153 e. The van der Waals surface area contributed by atoms with E-state index in [4.69, 9.17) is 10.5 Å². The lowest BCUT2D eigenvalue weighted by Crippen LogP contribution is -2.38. The largest absolute Gasteiger partial charge is 0.379 e. The average molecular weight is 239 g/mol. The Morgan fingerprint density at radius 3 is 2.94 bits per heavy atom. The summed E-state index contributed by atoms with van der Waals surface area (Å²) in [6.07, 6.45) is 0.608. The molecule has 0 spiro atoms. The Bertz CT molecular complexity index is 575. The van der Waals surface area contributed by atoms with Crippen molar-refractivity contribution < 1.29 is 13.5 Å². The highest BCUT2D eigenvalue weighted by molar-refractivity contribution is 5.76. The van der Waals surface area contributed by atoms with Crippen molar-refractivity contribution in [2.75, 3.05) is 13.2 Å². The molecule has 1 fully saturated rings. The molecule has 1 atom stereocenters. The summed E-state index contributed by atoms with van der Waals surface area (Å²) in [7, 11) is 0. The summed E-state index contributed by atoms with van der Waals surface area (Å²) in [5, 5.41) is 0. The molecule has 0 radical (unpaired) electrons. The number of hydrogen-bond donors (Lipinski definition) is 2. The fourth-order valence-corrected chi connectivity index (χ4v) is 2.05. The number of nitrogens with two attached hydrogens (primary N) is 1. The number of rotatable bonds is 1. The molecular weight excluding hydrogens is 228 g/mol. The molecule has 4 nitrogen and oxygen atoms in total. The predicted octanol–water partition coefficient (Wildman–Crippen LogP) is 1.42. The lowest BCUT2D eigenvalue weighted by Gasteiger charge is -2.17. The monoisotopic (exact) mass is 239 g/mol. The molecule has 1 aliphatic heterocycles. The molecule has 2 aromatic rings. The van der Waals surface area contributed by atoms with E-state index in [0.717, 1.165) is 6.07 Å². The first-order valence-corrected chi connectivity index (χ1v) is 5.30. The minimum atomic E-state index is -0.734. The number of ether oxygens (including phenoxy) is 1. The molecule has 17 heavy (non-hydrogen) atoms. The zero-order valence-electron chi connectivity index (χ0n) is 8.96. The van der Waals surface area contributed by atoms with Gasteiger partial charge < -0.3 is 15.5 Å². The highest BCUT2D eigenvalue weighted by atomic mass is 19.1. The topological polar surface area (TPSA) is 63.9 Å². The maximum Gasteiger partial charge on any atom is 0.153 e. The quantitative estimate of drug-likeness (QED) is 0.791. The number of aromatic amines is 1. The Balaban J connectivity index is 2.16. The number of benzene rings is 1. The molecule has 0 amide bonds. The molecular formula is C11H11F2N3O. The number of nitrogens with zero attached hydrogens (tertiary/aromatic N) is 1. The van der Waals surface area contributed by atoms with E-state index in [1.54, 1.807) is 0 Å². The van der Waals surface area contributed by atoms with Crippen molar-refractivity contribution in [2.24, 2.45) is 5.73 Å². The Hall–Kier alpha value is -1.53. The van der Waals surface area contributed by atoms with E-state index in [0.29, 0.717) is 31.0 Å². The first-order chi connectivity index (χ1) is 8.08. The Kier molecular flexibility index (Phi) is 2.17. The van der Waals surface area contributed by atoms with Crippen molar-refractivity contribution >= 4 is 11.0 Å². The molecule has 0 saturated carbocycles. The highest BCUT2D eigenvalue weighted by Crippen LogP contribution is 2.28. The second-order valence-corrected chi connectivity index (χ2v) is 4.33. The maximum atomic E-state index is 13.5. The van der Waals surface area contributed by atoms with E-state index in [9.17, 15) is 8.78 Å². The number of aromatic nitrogens is 2. The van der Waals surface area contributed by atoms with E-state index in [2.05, 4.69) is 9.97 Å². The molecule has 3 N–H and O–H groups in total. The first kappa shape index (κ1) is 10.6. The summed E-state index contributed by atoms with van der Waals surface area (Å²) in [5.74, 6) is -0.890. The second-order valence-electron chi connectivity index (χ2n) is 4.33. The van der Waals surface area contributed by atoms with Gasteiger partial charge in [-0.05, 0) is 12.5 Å². The number of halogens is 2. The van der Waals surface area contributed by atoms with Crippen molar-refractivity contribution in [3.8, 4) is 0 Å². The first-order valence-electron chi connectivity index (χ1n) is 5.30. The van der Waals surface area contributed by atoms with Gasteiger partial charge in [0.1, 0.15) is 22.7 Å². The van der Waals surface area contributed by atoms with Crippen molar-refractivity contribution in [3.63, 3.8) is 0 Å². The zero-order valence-corrected chi connectivity index (χ0v) is 8.96. The van der Waals surface area contributed by atoms with Gasteiger partial charge in [0.2, 0.25) is 0 Å². The van der Waals surface area contributed by atoms with Crippen molar-refractivity contribution in [3.05, 3.63) is 29.6 Å². The van der Waals surface area contributed by atoms with Gasteiger partial charge in [-0.25, -0.2) is 13.8 Å². The summed E-state index contributed by atoms with van der Waals surface area (Å²) < 4.78 is 31.7. The van der Waals surface area contributed by atoms with Gasteiger partial charge in [0.15, 0.2) is 5.82 Å². The van der Waals surface area contributed by atoms with Gasteiger partial charge in [-0.2, -0.15) is 0 Å².